The Kier molecular flexibility index (Phi) is 6.73. The Labute approximate surface area is 190 Å². The summed E-state index contributed by atoms with van der Waals surface area (Å²) in [6.45, 7) is 19.1. The Hall–Kier alpha value is -0.940. The molecule has 2 fully saturated rings. The van der Waals surface area contributed by atoms with Gasteiger partial charge in [-0.15, -0.1) is 20.5 Å². The number of hydrogen-bond acceptors (Lipinski definition) is 2. The highest BCUT2D eigenvalue weighted by Crippen LogP contribution is 2.48. The Morgan fingerprint density at radius 3 is 1.74 bits per heavy atom. The van der Waals surface area contributed by atoms with Crippen LogP contribution in [0.2, 0.25) is 0 Å². The highest BCUT2D eigenvalue weighted by molar-refractivity contribution is 5.30. The van der Waals surface area contributed by atoms with Crippen LogP contribution in [0.5, 0.6) is 0 Å². The number of piperidine rings is 2. The number of rotatable bonds is 4. The maximum Gasteiger partial charge on any atom is 0.0500 e. The molecule has 0 amide bonds. The Morgan fingerprint density at radius 2 is 1.26 bits per heavy atom. The summed E-state index contributed by atoms with van der Waals surface area (Å²) in [6.07, 6.45) is 3.60. The molecule has 0 aliphatic carbocycles. The van der Waals surface area contributed by atoms with Crippen molar-refractivity contribution < 1.29 is 10.4 Å². The highest BCUT2D eigenvalue weighted by Gasteiger charge is 2.50. The smallest absolute Gasteiger partial charge is 0.0500 e. The summed E-state index contributed by atoms with van der Waals surface area (Å²) in [6, 6.07) is 9.23. The van der Waals surface area contributed by atoms with Crippen LogP contribution in [0.4, 0.5) is 0 Å². The molecule has 4 unspecified atom stereocenters. The van der Waals surface area contributed by atoms with Gasteiger partial charge in [-0.2, -0.15) is 0 Å². The lowest BCUT2D eigenvalue weighted by molar-refractivity contribution is -0.304. The van der Waals surface area contributed by atoms with E-state index >= 15 is 0 Å². The number of hydrogen-bond donors (Lipinski definition) is 0. The van der Waals surface area contributed by atoms with E-state index in [2.05, 4.69) is 86.6 Å². The maximum absolute atomic E-state index is 13.1. The molecule has 4 atom stereocenters. The molecule has 1 aromatic rings. The van der Waals surface area contributed by atoms with E-state index in [4.69, 9.17) is 0 Å². The first-order valence-corrected chi connectivity index (χ1v) is 12.2. The molecular weight excluding hydrogens is 384 g/mol. The molecule has 2 radical (unpaired) electrons. The zero-order valence-electron chi connectivity index (χ0n) is 21.2. The van der Waals surface area contributed by atoms with Crippen LogP contribution in [0.3, 0.4) is 0 Å². The van der Waals surface area contributed by atoms with Crippen molar-refractivity contribution in [2.75, 3.05) is 0 Å². The van der Waals surface area contributed by atoms with E-state index in [1.165, 1.54) is 21.3 Å². The largest absolute Gasteiger partial charge is 0.146 e. The molecule has 2 heterocycles. The van der Waals surface area contributed by atoms with Gasteiger partial charge in [0.1, 0.15) is 0 Å². The van der Waals surface area contributed by atoms with Gasteiger partial charge in [-0.05, 0) is 95.1 Å². The molecule has 2 saturated heterocycles. The van der Waals surface area contributed by atoms with E-state index in [-0.39, 0.29) is 22.7 Å². The van der Waals surface area contributed by atoms with E-state index in [1.54, 1.807) is 0 Å². The zero-order chi connectivity index (χ0) is 23.4. The summed E-state index contributed by atoms with van der Waals surface area (Å²) in [5, 5.41) is 28.7. The molecule has 0 saturated carbocycles. The Morgan fingerprint density at radius 1 is 0.774 bits per heavy atom. The molecule has 174 valence electrons. The minimum Gasteiger partial charge on any atom is -0.146 e. The quantitative estimate of drug-likeness (QED) is 0.533. The number of hydroxylamine groups is 4. The molecular formula is C27H44N2O2. The van der Waals surface area contributed by atoms with Crippen LogP contribution in [0.1, 0.15) is 111 Å². The molecule has 31 heavy (non-hydrogen) atoms. The maximum atomic E-state index is 13.1. The molecule has 3 rings (SSSR count). The van der Waals surface area contributed by atoms with Crippen molar-refractivity contribution in [2.45, 2.75) is 122 Å². The van der Waals surface area contributed by atoms with Gasteiger partial charge in [0.05, 0.1) is 0 Å². The minimum atomic E-state index is -0.365. The summed E-state index contributed by atoms with van der Waals surface area (Å²) in [5.41, 5.74) is 1.65. The third-order valence-electron chi connectivity index (χ3n) is 8.48. The normalized spacial score (nSPS) is 34.4. The topological polar surface area (TPSA) is 46.3 Å². The highest BCUT2D eigenvalue weighted by atomic mass is 16.5. The second kappa shape index (κ2) is 8.44. The number of benzene rings is 1. The fraction of sp³-hybridized carbons (Fsp3) is 0.778. The van der Waals surface area contributed by atoms with Crippen LogP contribution in [0.15, 0.2) is 24.3 Å². The molecule has 0 N–H and O–H groups in total. The van der Waals surface area contributed by atoms with Crippen LogP contribution in [-0.4, -0.2) is 32.8 Å². The van der Waals surface area contributed by atoms with E-state index in [9.17, 15) is 10.4 Å². The van der Waals surface area contributed by atoms with Gasteiger partial charge in [-0.3, -0.25) is 0 Å². The molecule has 4 heteroatoms. The fourth-order valence-corrected chi connectivity index (χ4v) is 6.19. The molecule has 1 aromatic carbocycles. The van der Waals surface area contributed by atoms with Gasteiger partial charge >= 0.3 is 0 Å². The first kappa shape index (κ1) is 24.7. The van der Waals surface area contributed by atoms with Crippen molar-refractivity contribution >= 4 is 0 Å². The monoisotopic (exact) mass is 428 g/mol. The average Bonchev–Trinajstić information content (AvgIpc) is 2.67. The molecule has 2 aliphatic heterocycles. The molecule has 0 aromatic heterocycles. The lowest BCUT2D eigenvalue weighted by atomic mass is 9.68. The van der Waals surface area contributed by atoms with Gasteiger partial charge in [-0.25, -0.2) is 0 Å². The predicted octanol–water partition coefficient (Wildman–Crippen LogP) is 6.73. The predicted molar refractivity (Wildman–Crippen MR) is 125 cm³/mol. The fourth-order valence-electron chi connectivity index (χ4n) is 6.19. The van der Waals surface area contributed by atoms with Crippen molar-refractivity contribution in [3.05, 3.63) is 35.4 Å². The van der Waals surface area contributed by atoms with Crippen LogP contribution in [-0.2, 0) is 10.4 Å². The van der Waals surface area contributed by atoms with E-state index in [0.717, 1.165) is 25.7 Å². The van der Waals surface area contributed by atoms with E-state index in [0.29, 0.717) is 23.7 Å². The summed E-state index contributed by atoms with van der Waals surface area (Å²) in [5.74, 6) is 1.47. The first-order chi connectivity index (χ1) is 14.2. The lowest BCUT2D eigenvalue weighted by Gasteiger charge is -2.53. The van der Waals surface area contributed by atoms with Crippen molar-refractivity contribution in [2.24, 2.45) is 11.8 Å². The molecule has 0 spiro atoms. The third-order valence-corrected chi connectivity index (χ3v) is 8.48. The van der Waals surface area contributed by atoms with Crippen LogP contribution in [0, 0.1) is 11.8 Å². The standard InChI is InChI=1S/C27H44N2O2/c1-18(2)24-14-22(15-25(5,6)28(24)30)20-10-12-21(13-11-20)23-16-26(7,8)29(31)27(9,17-23)19(3)4/h10-13,18-19,22-24H,14-17H2,1-9H3. The molecule has 4 nitrogen and oxygen atoms in total. The first-order valence-electron chi connectivity index (χ1n) is 12.2. The van der Waals surface area contributed by atoms with Crippen LogP contribution < -0.4 is 0 Å². The van der Waals surface area contributed by atoms with Gasteiger partial charge in [0.25, 0.3) is 0 Å². The second-order valence-corrected chi connectivity index (χ2v) is 12.5. The average molecular weight is 429 g/mol. The summed E-state index contributed by atoms with van der Waals surface area (Å²) in [7, 11) is 0. The van der Waals surface area contributed by atoms with Gasteiger partial charge in [0.2, 0.25) is 0 Å². The minimum absolute atomic E-state index is 0.0716. The summed E-state index contributed by atoms with van der Waals surface area (Å²) < 4.78 is 0. The Bertz CT molecular complexity index is 755. The SMILES string of the molecule is CC(C)C1CC(c2ccc(C3CC(C)(C)N([O])C(C)(C(C)C)C3)cc2)CC(C)(C)N1[O]. The van der Waals surface area contributed by atoms with Gasteiger partial charge in [0.15, 0.2) is 0 Å². The lowest BCUT2D eigenvalue weighted by Crippen LogP contribution is -2.61. The van der Waals surface area contributed by atoms with Crippen LogP contribution >= 0.6 is 0 Å². The summed E-state index contributed by atoms with van der Waals surface area (Å²) >= 11 is 0. The van der Waals surface area contributed by atoms with Crippen molar-refractivity contribution in [3.8, 4) is 0 Å². The van der Waals surface area contributed by atoms with Gasteiger partial charge in [0, 0.05) is 22.7 Å². The van der Waals surface area contributed by atoms with E-state index < -0.39 is 0 Å². The van der Waals surface area contributed by atoms with Crippen molar-refractivity contribution in [1.29, 1.82) is 0 Å². The number of nitrogens with zero attached hydrogens (tertiary/aromatic N) is 2. The Balaban J connectivity index is 1.83. The zero-order valence-corrected chi connectivity index (χ0v) is 21.2. The van der Waals surface area contributed by atoms with Crippen LogP contribution in [0.25, 0.3) is 0 Å². The second-order valence-electron chi connectivity index (χ2n) is 12.5. The summed E-state index contributed by atoms with van der Waals surface area (Å²) in [4.78, 5) is 0. The van der Waals surface area contributed by atoms with Crippen molar-refractivity contribution in [3.63, 3.8) is 0 Å². The van der Waals surface area contributed by atoms with Gasteiger partial charge < -0.3 is 0 Å². The van der Waals surface area contributed by atoms with Crippen molar-refractivity contribution in [1.82, 2.24) is 10.1 Å². The van der Waals surface area contributed by atoms with Gasteiger partial charge in [-0.1, -0.05) is 52.0 Å². The third kappa shape index (κ3) is 4.59. The molecule has 0 bridgehead atoms. The molecule has 2 aliphatic rings. The van der Waals surface area contributed by atoms with E-state index in [1.807, 2.05) is 0 Å².